The van der Waals surface area contributed by atoms with Crippen LogP contribution in [0.1, 0.15) is 72.6 Å². The first kappa shape index (κ1) is 25.1. The van der Waals surface area contributed by atoms with Gasteiger partial charge in [0.05, 0.1) is 18.1 Å². The van der Waals surface area contributed by atoms with Crippen molar-refractivity contribution in [3.05, 3.63) is 82.2 Å². The van der Waals surface area contributed by atoms with Crippen molar-refractivity contribution >= 4 is 29.3 Å². The summed E-state index contributed by atoms with van der Waals surface area (Å²) in [6.07, 6.45) is 12.1. The highest BCUT2D eigenvalue weighted by Crippen LogP contribution is 2.44. The SMILES string of the molecule is C[C@H](C1=Cc2cccnc2[C@@H](N2CCN(C(=O)OC3CCCC3)CC2)c2ccc(Cl)cc21)c1cncn1C. The zero-order valence-electron chi connectivity index (χ0n) is 22.0. The molecule has 2 atom stereocenters. The minimum atomic E-state index is -0.169. The average molecular weight is 532 g/mol. The summed E-state index contributed by atoms with van der Waals surface area (Å²) in [5.74, 6) is 0.105. The van der Waals surface area contributed by atoms with Crippen molar-refractivity contribution < 1.29 is 9.53 Å². The molecule has 38 heavy (non-hydrogen) atoms. The highest BCUT2D eigenvalue weighted by atomic mass is 35.5. The lowest BCUT2D eigenvalue weighted by molar-refractivity contribution is 0.0433. The predicted molar refractivity (Wildman–Crippen MR) is 149 cm³/mol. The number of rotatable bonds is 4. The number of halogens is 1. The minimum Gasteiger partial charge on any atom is -0.446 e. The number of piperazine rings is 1. The van der Waals surface area contributed by atoms with E-state index in [1.54, 1.807) is 0 Å². The van der Waals surface area contributed by atoms with Gasteiger partial charge in [-0.15, -0.1) is 0 Å². The number of fused-ring (bicyclic) bond motifs is 2. The van der Waals surface area contributed by atoms with E-state index in [1.165, 1.54) is 11.1 Å². The fraction of sp³-hybridized carbons (Fsp3) is 0.433. The van der Waals surface area contributed by atoms with Gasteiger partial charge >= 0.3 is 6.09 Å². The van der Waals surface area contributed by atoms with E-state index in [-0.39, 0.29) is 24.2 Å². The van der Waals surface area contributed by atoms with Gasteiger partial charge in [-0.3, -0.25) is 9.88 Å². The van der Waals surface area contributed by atoms with E-state index < -0.39 is 0 Å². The molecule has 6 rings (SSSR count). The van der Waals surface area contributed by atoms with Crippen LogP contribution in [-0.2, 0) is 11.8 Å². The van der Waals surface area contributed by atoms with Crippen molar-refractivity contribution in [3.63, 3.8) is 0 Å². The Balaban J connectivity index is 1.33. The molecule has 8 heteroatoms. The monoisotopic (exact) mass is 531 g/mol. The number of hydrogen-bond acceptors (Lipinski definition) is 5. The van der Waals surface area contributed by atoms with Crippen LogP contribution >= 0.6 is 11.6 Å². The van der Waals surface area contributed by atoms with Gasteiger partial charge in [0.25, 0.3) is 0 Å². The summed E-state index contributed by atoms with van der Waals surface area (Å²) < 4.78 is 7.86. The van der Waals surface area contributed by atoms with Gasteiger partial charge in [0, 0.05) is 62.3 Å². The molecule has 0 radical (unpaired) electrons. The Morgan fingerprint density at radius 3 is 2.66 bits per heavy atom. The van der Waals surface area contributed by atoms with E-state index in [4.69, 9.17) is 21.3 Å². The second-order valence-corrected chi connectivity index (χ2v) is 11.1. The Morgan fingerprint density at radius 1 is 1.13 bits per heavy atom. The van der Waals surface area contributed by atoms with Crippen LogP contribution in [0.4, 0.5) is 4.79 Å². The van der Waals surface area contributed by atoms with Crippen molar-refractivity contribution in [2.75, 3.05) is 26.2 Å². The molecule has 2 aromatic heterocycles. The van der Waals surface area contributed by atoms with E-state index in [9.17, 15) is 4.79 Å². The van der Waals surface area contributed by atoms with Crippen LogP contribution in [0.5, 0.6) is 0 Å². The number of benzene rings is 1. The lowest BCUT2D eigenvalue weighted by Gasteiger charge is -2.39. The molecule has 0 unspecified atom stereocenters. The summed E-state index contributed by atoms with van der Waals surface area (Å²) in [4.78, 5) is 26.4. The number of amides is 1. The fourth-order valence-electron chi connectivity index (χ4n) is 6.25. The largest absolute Gasteiger partial charge is 0.446 e. The number of carbonyl (C=O) groups excluding carboxylic acids is 1. The molecule has 1 amide bonds. The van der Waals surface area contributed by atoms with Crippen molar-refractivity contribution in [3.8, 4) is 0 Å². The highest BCUT2D eigenvalue weighted by molar-refractivity contribution is 6.30. The van der Waals surface area contributed by atoms with Gasteiger partial charge in [-0.1, -0.05) is 30.7 Å². The summed E-state index contributed by atoms with van der Waals surface area (Å²) in [5, 5.41) is 0.712. The molecule has 2 fully saturated rings. The normalized spacial score (nSPS) is 20.9. The summed E-state index contributed by atoms with van der Waals surface area (Å²) in [6.45, 7) is 4.99. The van der Waals surface area contributed by atoms with Crippen LogP contribution in [0.15, 0.2) is 49.1 Å². The third-order valence-electron chi connectivity index (χ3n) is 8.33. The number of pyridine rings is 1. The van der Waals surface area contributed by atoms with E-state index in [1.807, 2.05) is 42.8 Å². The van der Waals surface area contributed by atoms with Crippen molar-refractivity contribution in [1.29, 1.82) is 0 Å². The lowest BCUT2D eigenvalue weighted by atomic mass is 9.87. The Labute approximate surface area is 229 Å². The third kappa shape index (κ3) is 4.74. The minimum absolute atomic E-state index is 0.0426. The summed E-state index contributed by atoms with van der Waals surface area (Å²) in [5.41, 5.74) is 6.80. The van der Waals surface area contributed by atoms with Crippen LogP contribution in [0.2, 0.25) is 5.02 Å². The smallest absolute Gasteiger partial charge is 0.410 e. The zero-order chi connectivity index (χ0) is 26.2. The van der Waals surface area contributed by atoms with Gasteiger partial charge in [0.15, 0.2) is 0 Å². The molecule has 7 nitrogen and oxygen atoms in total. The number of allylic oxidation sites excluding steroid dienone is 1. The number of aromatic nitrogens is 3. The van der Waals surface area contributed by atoms with Crippen LogP contribution in [0.25, 0.3) is 11.6 Å². The Morgan fingerprint density at radius 2 is 1.92 bits per heavy atom. The fourth-order valence-corrected chi connectivity index (χ4v) is 6.42. The summed E-state index contributed by atoms with van der Waals surface area (Å²) in [7, 11) is 2.03. The molecule has 3 aromatic rings. The maximum absolute atomic E-state index is 12.8. The second-order valence-electron chi connectivity index (χ2n) is 10.7. The third-order valence-corrected chi connectivity index (χ3v) is 8.57. The molecule has 1 aromatic carbocycles. The topological polar surface area (TPSA) is 63.5 Å². The van der Waals surface area contributed by atoms with Crippen molar-refractivity contribution in [1.82, 2.24) is 24.3 Å². The van der Waals surface area contributed by atoms with Crippen LogP contribution < -0.4 is 0 Å². The molecule has 3 aliphatic rings. The molecule has 0 N–H and O–H groups in total. The van der Waals surface area contributed by atoms with E-state index in [2.05, 4.69) is 45.6 Å². The molecule has 1 saturated heterocycles. The lowest BCUT2D eigenvalue weighted by Crippen LogP contribution is -2.50. The first-order valence-electron chi connectivity index (χ1n) is 13.6. The molecule has 3 heterocycles. The quantitative estimate of drug-likeness (QED) is 0.418. The van der Waals surface area contributed by atoms with Gasteiger partial charge in [-0.25, -0.2) is 9.78 Å². The maximum atomic E-state index is 12.8. The number of ether oxygens (including phenoxy) is 1. The van der Waals surface area contributed by atoms with E-state index >= 15 is 0 Å². The molecule has 0 spiro atoms. The number of aryl methyl sites for hydroxylation is 1. The van der Waals surface area contributed by atoms with Crippen LogP contribution in [0.3, 0.4) is 0 Å². The maximum Gasteiger partial charge on any atom is 0.410 e. The van der Waals surface area contributed by atoms with E-state index in [0.717, 1.165) is 61.3 Å². The zero-order valence-corrected chi connectivity index (χ0v) is 22.8. The molecule has 1 saturated carbocycles. The van der Waals surface area contributed by atoms with Crippen LogP contribution in [0, 0.1) is 0 Å². The van der Waals surface area contributed by atoms with Crippen molar-refractivity contribution in [2.24, 2.45) is 7.05 Å². The predicted octanol–water partition coefficient (Wildman–Crippen LogP) is 5.91. The highest BCUT2D eigenvalue weighted by Gasteiger charge is 2.35. The summed E-state index contributed by atoms with van der Waals surface area (Å²) in [6, 6.07) is 10.3. The van der Waals surface area contributed by atoms with Crippen LogP contribution in [-0.4, -0.2) is 62.7 Å². The molecule has 2 aliphatic carbocycles. The Hall–Kier alpha value is -3.16. The summed E-state index contributed by atoms with van der Waals surface area (Å²) >= 11 is 6.59. The van der Waals surface area contributed by atoms with Gasteiger partial charge in [-0.2, -0.15) is 0 Å². The Kier molecular flexibility index (Phi) is 6.97. The van der Waals surface area contributed by atoms with Gasteiger partial charge in [0.2, 0.25) is 0 Å². The Bertz CT molecular complexity index is 1350. The molecule has 198 valence electrons. The van der Waals surface area contributed by atoms with Crippen molar-refractivity contribution in [2.45, 2.75) is 50.7 Å². The molecule has 1 aliphatic heterocycles. The van der Waals surface area contributed by atoms with Gasteiger partial charge in [0.1, 0.15) is 6.10 Å². The van der Waals surface area contributed by atoms with Gasteiger partial charge < -0.3 is 14.2 Å². The van der Waals surface area contributed by atoms with E-state index in [0.29, 0.717) is 18.1 Å². The molecule has 0 bridgehead atoms. The van der Waals surface area contributed by atoms with Gasteiger partial charge in [-0.05, 0) is 72.2 Å². The number of imidazole rings is 1. The second kappa shape index (κ2) is 10.5. The number of nitrogens with zero attached hydrogens (tertiary/aromatic N) is 5. The molecular weight excluding hydrogens is 498 g/mol. The first-order chi connectivity index (χ1) is 18.5. The number of hydrogen-bond donors (Lipinski definition) is 0. The molecular formula is C30H34ClN5O2. The number of carbonyl (C=O) groups is 1. The first-order valence-corrected chi connectivity index (χ1v) is 14.0. The standard InChI is InChI=1S/C30H34ClN5O2/c1-20(27-18-32-19-34(27)2)25-16-21-6-5-11-33-28(21)29(24-10-9-22(31)17-26(24)25)35-12-14-36(15-13-35)30(37)38-23-7-3-4-8-23/h5-6,9-11,16-20,23,29H,3-4,7-8,12-15H2,1-2H3/t20-,29+/m1/s1. The average Bonchev–Trinajstić information content (AvgIpc) is 3.57.